The molecule has 1 atom stereocenters. The van der Waals surface area contributed by atoms with Gasteiger partial charge in [-0.2, -0.15) is 0 Å². The largest absolute Gasteiger partial charge is 0.459 e. The molecule has 0 amide bonds. The van der Waals surface area contributed by atoms with E-state index < -0.39 is 0 Å². The topological polar surface area (TPSA) is 26.3 Å². The van der Waals surface area contributed by atoms with Gasteiger partial charge in [-0.25, -0.2) is 0 Å². The zero-order valence-electron chi connectivity index (χ0n) is 8.49. The predicted molar refractivity (Wildman–Crippen MR) is 54.0 cm³/mol. The Hall–Kier alpha value is -1.31. The number of benzene rings is 1. The second kappa shape index (κ2) is 3.12. The summed E-state index contributed by atoms with van der Waals surface area (Å²) in [6.07, 6.45) is 0.774. The number of ether oxygens (including phenoxy) is 1. The molecule has 1 fully saturated rings. The van der Waals surface area contributed by atoms with Gasteiger partial charge in [-0.15, -0.1) is 0 Å². The van der Waals surface area contributed by atoms with Gasteiger partial charge < -0.3 is 4.74 Å². The van der Waals surface area contributed by atoms with Crippen molar-refractivity contribution in [3.63, 3.8) is 0 Å². The second-order valence-electron chi connectivity index (χ2n) is 4.35. The highest BCUT2D eigenvalue weighted by Gasteiger charge is 2.40. The van der Waals surface area contributed by atoms with Crippen LogP contribution in [0.1, 0.15) is 31.7 Å². The van der Waals surface area contributed by atoms with Crippen molar-refractivity contribution in [1.82, 2.24) is 0 Å². The van der Waals surface area contributed by atoms with Crippen LogP contribution >= 0.6 is 0 Å². The van der Waals surface area contributed by atoms with Crippen LogP contribution in [0.2, 0.25) is 0 Å². The van der Waals surface area contributed by atoms with Crippen molar-refractivity contribution >= 4 is 5.97 Å². The number of hydrogen-bond acceptors (Lipinski definition) is 2. The van der Waals surface area contributed by atoms with Gasteiger partial charge >= 0.3 is 5.97 Å². The molecule has 0 bridgehead atoms. The lowest BCUT2D eigenvalue weighted by Crippen LogP contribution is -2.17. The molecule has 1 aliphatic rings. The maximum Gasteiger partial charge on any atom is 0.314 e. The summed E-state index contributed by atoms with van der Waals surface area (Å²) in [5, 5.41) is 0. The van der Waals surface area contributed by atoms with Crippen molar-refractivity contribution in [3.05, 3.63) is 35.9 Å². The van der Waals surface area contributed by atoms with Crippen LogP contribution in [0.5, 0.6) is 0 Å². The lowest BCUT2D eigenvalue weighted by Gasteiger charge is -2.14. The SMILES string of the molecule is CC1(C)C[C@@H](c2ccccc2)C(=O)O1. The molecule has 0 spiro atoms. The monoisotopic (exact) mass is 190 g/mol. The lowest BCUT2D eigenvalue weighted by atomic mass is 9.91. The lowest BCUT2D eigenvalue weighted by molar-refractivity contribution is -0.146. The summed E-state index contributed by atoms with van der Waals surface area (Å²) in [7, 11) is 0. The minimum absolute atomic E-state index is 0.0776. The first-order valence-corrected chi connectivity index (χ1v) is 4.86. The van der Waals surface area contributed by atoms with Gasteiger partial charge in [0.1, 0.15) is 5.60 Å². The Morgan fingerprint density at radius 1 is 1.29 bits per heavy atom. The maximum atomic E-state index is 11.6. The Kier molecular flexibility index (Phi) is 2.06. The third-order valence-corrected chi connectivity index (χ3v) is 2.56. The molecule has 0 N–H and O–H groups in total. The molecule has 0 aliphatic carbocycles. The van der Waals surface area contributed by atoms with Crippen molar-refractivity contribution in [2.75, 3.05) is 0 Å². The zero-order valence-corrected chi connectivity index (χ0v) is 8.49. The van der Waals surface area contributed by atoms with E-state index in [2.05, 4.69) is 0 Å². The van der Waals surface area contributed by atoms with Crippen LogP contribution in [0.15, 0.2) is 30.3 Å². The number of carbonyl (C=O) groups excluding carboxylic acids is 1. The summed E-state index contributed by atoms with van der Waals surface area (Å²) >= 11 is 0. The molecule has 0 saturated carbocycles. The molecule has 2 nitrogen and oxygen atoms in total. The molecule has 1 heterocycles. The number of cyclic esters (lactones) is 1. The van der Waals surface area contributed by atoms with Crippen LogP contribution in [0.25, 0.3) is 0 Å². The molecule has 1 aromatic rings. The number of carbonyl (C=O) groups is 1. The number of rotatable bonds is 1. The normalized spacial score (nSPS) is 24.7. The Morgan fingerprint density at radius 2 is 1.93 bits per heavy atom. The van der Waals surface area contributed by atoms with Gasteiger partial charge in [-0.3, -0.25) is 4.79 Å². The Morgan fingerprint density at radius 3 is 2.43 bits per heavy atom. The van der Waals surface area contributed by atoms with Gasteiger partial charge in [-0.05, 0) is 19.4 Å². The predicted octanol–water partition coefficient (Wildman–Crippen LogP) is 2.50. The maximum absolute atomic E-state index is 11.6. The van der Waals surface area contributed by atoms with Crippen LogP contribution < -0.4 is 0 Å². The Labute approximate surface area is 83.9 Å². The second-order valence-corrected chi connectivity index (χ2v) is 4.35. The smallest absolute Gasteiger partial charge is 0.314 e. The minimum atomic E-state index is -0.308. The van der Waals surface area contributed by atoms with Gasteiger partial charge in [-0.1, -0.05) is 30.3 Å². The van der Waals surface area contributed by atoms with E-state index in [0.29, 0.717) is 0 Å². The van der Waals surface area contributed by atoms with Gasteiger partial charge in [0.15, 0.2) is 0 Å². The standard InChI is InChI=1S/C12H14O2/c1-12(2)8-10(11(13)14-12)9-6-4-3-5-7-9/h3-7,10H,8H2,1-2H3/t10-/m0/s1. The first-order chi connectivity index (χ1) is 6.58. The van der Waals surface area contributed by atoms with Crippen LogP contribution in [0.4, 0.5) is 0 Å². The van der Waals surface area contributed by atoms with Crippen molar-refractivity contribution in [2.45, 2.75) is 31.8 Å². The number of esters is 1. The van der Waals surface area contributed by atoms with Crippen molar-refractivity contribution in [3.8, 4) is 0 Å². The van der Waals surface area contributed by atoms with E-state index in [0.717, 1.165) is 12.0 Å². The number of hydrogen-bond donors (Lipinski definition) is 0. The molecular weight excluding hydrogens is 176 g/mol. The molecule has 14 heavy (non-hydrogen) atoms. The zero-order chi connectivity index (χ0) is 10.2. The van der Waals surface area contributed by atoms with E-state index in [1.165, 1.54) is 0 Å². The van der Waals surface area contributed by atoms with E-state index in [4.69, 9.17) is 4.74 Å². The molecule has 1 aromatic carbocycles. The first kappa shape index (κ1) is 9.25. The summed E-state index contributed by atoms with van der Waals surface area (Å²) < 4.78 is 5.28. The molecule has 0 unspecified atom stereocenters. The Balaban J connectivity index is 2.26. The molecule has 1 saturated heterocycles. The molecule has 2 rings (SSSR count). The van der Waals surface area contributed by atoms with Gasteiger partial charge in [0.05, 0.1) is 5.92 Å². The summed E-state index contributed by atoms with van der Waals surface area (Å²) in [4.78, 5) is 11.6. The highest BCUT2D eigenvalue weighted by molar-refractivity contribution is 5.80. The molecular formula is C12H14O2. The van der Waals surface area contributed by atoms with Crippen molar-refractivity contribution in [2.24, 2.45) is 0 Å². The van der Waals surface area contributed by atoms with Crippen LogP contribution in [0, 0.1) is 0 Å². The van der Waals surface area contributed by atoms with E-state index in [9.17, 15) is 4.79 Å². The third kappa shape index (κ3) is 1.65. The van der Waals surface area contributed by atoms with Crippen LogP contribution in [0.3, 0.4) is 0 Å². The fraction of sp³-hybridized carbons (Fsp3) is 0.417. The summed E-state index contributed by atoms with van der Waals surface area (Å²) in [5.74, 6) is -0.174. The summed E-state index contributed by atoms with van der Waals surface area (Å²) in [6, 6.07) is 9.82. The van der Waals surface area contributed by atoms with Crippen molar-refractivity contribution in [1.29, 1.82) is 0 Å². The third-order valence-electron chi connectivity index (χ3n) is 2.56. The molecule has 0 radical (unpaired) electrons. The van der Waals surface area contributed by atoms with Crippen LogP contribution in [-0.2, 0) is 9.53 Å². The fourth-order valence-electron chi connectivity index (χ4n) is 1.90. The quantitative estimate of drug-likeness (QED) is 0.636. The van der Waals surface area contributed by atoms with E-state index in [1.54, 1.807) is 0 Å². The van der Waals surface area contributed by atoms with Gasteiger partial charge in [0.25, 0.3) is 0 Å². The summed E-state index contributed by atoms with van der Waals surface area (Å²) in [6.45, 7) is 3.90. The molecule has 2 heteroatoms. The minimum Gasteiger partial charge on any atom is -0.459 e. The Bertz CT molecular complexity index is 341. The first-order valence-electron chi connectivity index (χ1n) is 4.86. The molecule has 74 valence electrons. The van der Waals surface area contributed by atoms with E-state index in [1.807, 2.05) is 44.2 Å². The molecule has 1 aliphatic heterocycles. The van der Waals surface area contributed by atoms with Crippen molar-refractivity contribution < 1.29 is 9.53 Å². The highest BCUT2D eigenvalue weighted by atomic mass is 16.6. The summed E-state index contributed by atoms with van der Waals surface area (Å²) in [5.41, 5.74) is 0.750. The van der Waals surface area contributed by atoms with E-state index in [-0.39, 0.29) is 17.5 Å². The van der Waals surface area contributed by atoms with Crippen LogP contribution in [-0.4, -0.2) is 11.6 Å². The van der Waals surface area contributed by atoms with Gasteiger partial charge in [0, 0.05) is 6.42 Å². The van der Waals surface area contributed by atoms with E-state index >= 15 is 0 Å². The average Bonchev–Trinajstić information content (AvgIpc) is 2.41. The van der Waals surface area contributed by atoms with Gasteiger partial charge in [0.2, 0.25) is 0 Å². The molecule has 0 aromatic heterocycles. The highest BCUT2D eigenvalue weighted by Crippen LogP contribution is 2.36. The average molecular weight is 190 g/mol. The fourth-order valence-corrected chi connectivity index (χ4v) is 1.90.